The molecule has 3 aromatic rings. The molecule has 0 atom stereocenters. The Morgan fingerprint density at radius 1 is 1.17 bits per heavy atom. The van der Waals surface area contributed by atoms with E-state index in [0.29, 0.717) is 11.0 Å². The van der Waals surface area contributed by atoms with Crippen LogP contribution in [0.3, 0.4) is 0 Å². The van der Waals surface area contributed by atoms with E-state index in [0.717, 1.165) is 6.07 Å². The molecule has 0 unspecified atom stereocenters. The number of amides is 1. The zero-order valence-electron chi connectivity index (χ0n) is 11.7. The number of anilines is 1. The van der Waals surface area contributed by atoms with Crippen LogP contribution in [0, 0.1) is 6.92 Å². The predicted molar refractivity (Wildman–Crippen MR) is 75.3 cm³/mol. The van der Waals surface area contributed by atoms with Crippen LogP contribution >= 0.6 is 0 Å². The number of carbonyl (C=O) groups is 1. The molecule has 0 fully saturated rings. The van der Waals surface area contributed by atoms with E-state index in [1.165, 1.54) is 25.1 Å². The molecule has 9 heteroatoms. The van der Waals surface area contributed by atoms with Crippen LogP contribution in [0.2, 0.25) is 0 Å². The summed E-state index contributed by atoms with van der Waals surface area (Å²) >= 11 is 0. The van der Waals surface area contributed by atoms with Crippen LogP contribution in [0.4, 0.5) is 18.9 Å². The second-order valence-electron chi connectivity index (χ2n) is 4.89. The smallest absolute Gasteiger partial charge is 0.450 e. The van der Waals surface area contributed by atoms with Gasteiger partial charge in [0.2, 0.25) is 5.76 Å². The van der Waals surface area contributed by atoms with Crippen molar-refractivity contribution in [3.05, 3.63) is 51.8 Å². The molecule has 3 rings (SSSR count). The highest BCUT2D eigenvalue weighted by atomic mass is 19.4. The van der Waals surface area contributed by atoms with Gasteiger partial charge in [0.15, 0.2) is 0 Å². The summed E-state index contributed by atoms with van der Waals surface area (Å²) in [7, 11) is 0. The third-order valence-electron chi connectivity index (χ3n) is 3.13. The van der Waals surface area contributed by atoms with Gasteiger partial charge >= 0.3 is 11.9 Å². The molecule has 2 aromatic heterocycles. The number of H-pyrrole nitrogens is 2. The fraction of sp³-hybridized carbons (Fsp3) is 0.143. The van der Waals surface area contributed by atoms with Crippen LogP contribution in [0.5, 0.6) is 0 Å². The van der Waals surface area contributed by atoms with Crippen molar-refractivity contribution in [3.63, 3.8) is 0 Å². The predicted octanol–water partition coefficient (Wildman–Crippen LogP) is 3.03. The van der Waals surface area contributed by atoms with Gasteiger partial charge in [-0.1, -0.05) is 0 Å². The second-order valence-corrected chi connectivity index (χ2v) is 4.89. The van der Waals surface area contributed by atoms with E-state index < -0.39 is 29.1 Å². The normalized spacial score (nSPS) is 11.8. The van der Waals surface area contributed by atoms with Gasteiger partial charge in [-0.3, -0.25) is 4.79 Å². The number of carbonyl (C=O) groups excluding carboxylic acids is 1. The van der Waals surface area contributed by atoms with E-state index in [2.05, 4.69) is 19.7 Å². The average Bonchev–Trinajstić information content (AvgIpc) is 2.99. The summed E-state index contributed by atoms with van der Waals surface area (Å²) < 4.78 is 43.1. The van der Waals surface area contributed by atoms with Gasteiger partial charge in [0.1, 0.15) is 5.76 Å². The van der Waals surface area contributed by atoms with E-state index in [-0.39, 0.29) is 11.4 Å². The average molecular weight is 325 g/mol. The molecule has 0 saturated heterocycles. The fourth-order valence-electron chi connectivity index (χ4n) is 2.20. The number of aryl methyl sites for hydroxylation is 1. The van der Waals surface area contributed by atoms with E-state index in [1.807, 2.05) is 0 Å². The molecule has 1 aromatic carbocycles. The van der Waals surface area contributed by atoms with Crippen molar-refractivity contribution in [2.75, 3.05) is 5.32 Å². The fourth-order valence-corrected chi connectivity index (χ4v) is 2.20. The lowest BCUT2D eigenvalue weighted by Crippen LogP contribution is -2.16. The molecule has 0 aliphatic carbocycles. The van der Waals surface area contributed by atoms with Gasteiger partial charge in [-0.05, 0) is 31.2 Å². The van der Waals surface area contributed by atoms with Crippen LogP contribution in [-0.4, -0.2) is 15.9 Å². The van der Waals surface area contributed by atoms with Crippen LogP contribution in [0.15, 0.2) is 33.5 Å². The van der Waals surface area contributed by atoms with Crippen molar-refractivity contribution in [1.29, 1.82) is 0 Å². The minimum atomic E-state index is -4.77. The molecular weight excluding hydrogens is 315 g/mol. The van der Waals surface area contributed by atoms with Gasteiger partial charge in [-0.25, -0.2) is 4.79 Å². The van der Waals surface area contributed by atoms with Crippen molar-refractivity contribution in [2.45, 2.75) is 13.1 Å². The minimum absolute atomic E-state index is 0.0205. The van der Waals surface area contributed by atoms with Gasteiger partial charge in [-0.15, -0.1) is 0 Å². The molecule has 0 spiro atoms. The number of alkyl halides is 3. The first-order chi connectivity index (χ1) is 10.7. The number of hydrogen-bond acceptors (Lipinski definition) is 3. The lowest BCUT2D eigenvalue weighted by atomic mass is 10.2. The number of halogens is 3. The zero-order chi connectivity index (χ0) is 16.8. The molecular formula is C14H10F3N3O3. The standard InChI is InChI=1S/C14H10F3N3O3/c1-6-4-8(11(23-6)14(15,16)17)12(21)18-7-2-3-9-10(5-7)20-13(22)19-9/h2-5H,1H3,(H,18,21)(H2,19,20,22). The highest BCUT2D eigenvalue weighted by Crippen LogP contribution is 2.34. The Bertz CT molecular complexity index is 949. The third-order valence-corrected chi connectivity index (χ3v) is 3.13. The van der Waals surface area contributed by atoms with Crippen molar-refractivity contribution in [2.24, 2.45) is 0 Å². The monoisotopic (exact) mass is 325 g/mol. The summed E-state index contributed by atoms with van der Waals surface area (Å²) in [5, 5.41) is 2.35. The van der Waals surface area contributed by atoms with E-state index in [1.54, 1.807) is 0 Å². The number of hydrogen-bond donors (Lipinski definition) is 3. The summed E-state index contributed by atoms with van der Waals surface area (Å²) in [6, 6.07) is 5.44. The van der Waals surface area contributed by atoms with Crippen molar-refractivity contribution in [3.8, 4) is 0 Å². The number of imidazole rings is 1. The van der Waals surface area contributed by atoms with Crippen molar-refractivity contribution in [1.82, 2.24) is 9.97 Å². The summed E-state index contributed by atoms with van der Waals surface area (Å²) in [4.78, 5) is 28.3. The number of furan rings is 1. The van der Waals surface area contributed by atoms with Crippen molar-refractivity contribution >= 4 is 22.6 Å². The molecule has 1 amide bonds. The number of aromatic amines is 2. The number of aromatic nitrogens is 2. The van der Waals surface area contributed by atoms with Crippen LogP contribution in [-0.2, 0) is 6.18 Å². The number of rotatable bonds is 2. The molecule has 23 heavy (non-hydrogen) atoms. The molecule has 120 valence electrons. The van der Waals surface area contributed by atoms with Gasteiger partial charge in [0.25, 0.3) is 5.91 Å². The topological polar surface area (TPSA) is 90.9 Å². The van der Waals surface area contributed by atoms with E-state index in [4.69, 9.17) is 0 Å². The molecule has 2 heterocycles. The van der Waals surface area contributed by atoms with Crippen LogP contribution in [0.1, 0.15) is 21.9 Å². The Hall–Kier alpha value is -2.97. The molecule has 0 saturated carbocycles. The SMILES string of the molecule is Cc1cc(C(=O)Nc2ccc3[nH]c(=O)[nH]c3c2)c(C(F)(F)F)o1. The number of fused-ring (bicyclic) bond motifs is 1. The largest absolute Gasteiger partial charge is 0.456 e. The molecule has 0 bridgehead atoms. The summed E-state index contributed by atoms with van der Waals surface area (Å²) in [6.07, 6.45) is -4.77. The maximum absolute atomic E-state index is 12.9. The Morgan fingerprint density at radius 3 is 2.57 bits per heavy atom. The maximum atomic E-state index is 12.9. The highest BCUT2D eigenvalue weighted by Gasteiger charge is 2.40. The second kappa shape index (κ2) is 5.04. The Labute approximate surface area is 126 Å². The number of benzene rings is 1. The Balaban J connectivity index is 1.93. The quantitative estimate of drug-likeness (QED) is 0.676. The first-order valence-electron chi connectivity index (χ1n) is 6.45. The number of nitrogens with one attached hydrogen (secondary N) is 3. The van der Waals surface area contributed by atoms with Crippen LogP contribution < -0.4 is 11.0 Å². The summed E-state index contributed by atoms with van der Waals surface area (Å²) in [6.45, 7) is 1.32. The molecule has 0 radical (unpaired) electrons. The Kier molecular flexibility index (Phi) is 3.28. The zero-order valence-corrected chi connectivity index (χ0v) is 11.7. The summed E-state index contributed by atoms with van der Waals surface area (Å²) in [5.41, 5.74) is 0.158. The van der Waals surface area contributed by atoms with Gasteiger partial charge in [-0.2, -0.15) is 13.2 Å². The van der Waals surface area contributed by atoms with Gasteiger partial charge in [0.05, 0.1) is 16.6 Å². The first kappa shape index (κ1) is 14.9. The molecule has 0 aliphatic rings. The first-order valence-corrected chi connectivity index (χ1v) is 6.45. The Morgan fingerprint density at radius 2 is 1.87 bits per heavy atom. The van der Waals surface area contributed by atoms with Gasteiger partial charge in [0, 0.05) is 5.69 Å². The lowest BCUT2D eigenvalue weighted by Gasteiger charge is -2.07. The summed E-state index contributed by atoms with van der Waals surface area (Å²) in [5.74, 6) is -2.32. The molecule has 0 aliphatic heterocycles. The van der Waals surface area contributed by atoms with Gasteiger partial charge < -0.3 is 19.7 Å². The molecule has 6 nitrogen and oxygen atoms in total. The van der Waals surface area contributed by atoms with E-state index >= 15 is 0 Å². The van der Waals surface area contributed by atoms with Crippen molar-refractivity contribution < 1.29 is 22.4 Å². The third kappa shape index (κ3) is 2.85. The minimum Gasteiger partial charge on any atom is -0.456 e. The lowest BCUT2D eigenvalue weighted by molar-refractivity contribution is -0.153. The van der Waals surface area contributed by atoms with Crippen LogP contribution in [0.25, 0.3) is 11.0 Å². The molecule has 3 N–H and O–H groups in total. The van der Waals surface area contributed by atoms with E-state index in [9.17, 15) is 22.8 Å². The maximum Gasteiger partial charge on any atom is 0.450 e. The highest BCUT2D eigenvalue weighted by molar-refractivity contribution is 6.05.